The van der Waals surface area contributed by atoms with E-state index in [2.05, 4.69) is 12.0 Å². The highest BCUT2D eigenvalue weighted by Crippen LogP contribution is 2.26. The highest BCUT2D eigenvalue weighted by atomic mass is 35.5. The highest BCUT2D eigenvalue weighted by molar-refractivity contribution is 6.42. The lowest BCUT2D eigenvalue weighted by Crippen LogP contribution is -2.21. The number of halogens is 2. The van der Waals surface area contributed by atoms with Gasteiger partial charge in [0.1, 0.15) is 0 Å². The Labute approximate surface area is 123 Å². The molecule has 102 valence electrons. The molecule has 0 aliphatic heterocycles. The Morgan fingerprint density at radius 1 is 1.37 bits per heavy atom. The van der Waals surface area contributed by atoms with E-state index in [1.807, 2.05) is 29.2 Å². The minimum atomic E-state index is 0.187. The van der Waals surface area contributed by atoms with Crippen LogP contribution in [0.25, 0.3) is 0 Å². The summed E-state index contributed by atoms with van der Waals surface area (Å²) < 4.78 is 1.86. The van der Waals surface area contributed by atoms with Gasteiger partial charge in [-0.15, -0.1) is 0 Å². The lowest BCUT2D eigenvalue weighted by Gasteiger charge is -2.06. The van der Waals surface area contributed by atoms with E-state index >= 15 is 0 Å². The summed E-state index contributed by atoms with van der Waals surface area (Å²) in [5.41, 5.74) is 8.04. The second-order valence-corrected chi connectivity index (χ2v) is 5.42. The zero-order valence-corrected chi connectivity index (χ0v) is 12.3. The molecule has 0 bridgehead atoms. The van der Waals surface area contributed by atoms with Gasteiger partial charge in [-0.2, -0.15) is 5.10 Å². The van der Waals surface area contributed by atoms with Gasteiger partial charge in [0.15, 0.2) is 0 Å². The van der Waals surface area contributed by atoms with E-state index in [-0.39, 0.29) is 6.04 Å². The van der Waals surface area contributed by atoms with E-state index in [0.717, 1.165) is 24.0 Å². The molecular weight excluding hydrogens is 281 g/mol. The summed E-state index contributed by atoms with van der Waals surface area (Å²) in [5.74, 6) is 0. The molecule has 1 unspecified atom stereocenters. The third-order valence-corrected chi connectivity index (χ3v) is 3.93. The molecule has 0 aliphatic rings. The second kappa shape index (κ2) is 6.42. The number of aromatic nitrogens is 2. The summed E-state index contributed by atoms with van der Waals surface area (Å²) in [6.45, 7) is 2.70. The van der Waals surface area contributed by atoms with Gasteiger partial charge >= 0.3 is 0 Å². The van der Waals surface area contributed by atoms with Crippen molar-refractivity contribution in [3.63, 3.8) is 0 Å². The number of rotatable bonds is 5. The maximum absolute atomic E-state index is 6.16. The molecule has 0 fully saturated rings. The van der Waals surface area contributed by atoms with Crippen molar-refractivity contribution in [2.24, 2.45) is 5.73 Å². The SMILES string of the molecule is CCC(N)Cc1cnn(Cc2cccc(Cl)c2Cl)c1. The van der Waals surface area contributed by atoms with Crippen molar-refractivity contribution in [3.8, 4) is 0 Å². The molecule has 0 aliphatic carbocycles. The highest BCUT2D eigenvalue weighted by Gasteiger charge is 2.07. The summed E-state index contributed by atoms with van der Waals surface area (Å²) in [6.07, 6.45) is 5.67. The minimum absolute atomic E-state index is 0.187. The van der Waals surface area contributed by atoms with Gasteiger partial charge in [0.05, 0.1) is 22.8 Å². The Balaban J connectivity index is 2.09. The first-order chi connectivity index (χ1) is 9.10. The standard InChI is InChI=1S/C14H17Cl2N3/c1-2-12(17)6-10-7-18-19(8-10)9-11-4-3-5-13(15)14(11)16/h3-5,7-8,12H,2,6,9,17H2,1H3. The molecule has 2 aromatic rings. The average Bonchev–Trinajstić information content (AvgIpc) is 2.82. The Morgan fingerprint density at radius 3 is 2.89 bits per heavy atom. The van der Waals surface area contributed by atoms with E-state index in [9.17, 15) is 0 Å². The smallest absolute Gasteiger partial charge is 0.0674 e. The van der Waals surface area contributed by atoms with Crippen molar-refractivity contribution in [2.45, 2.75) is 32.4 Å². The fourth-order valence-corrected chi connectivity index (χ4v) is 2.27. The van der Waals surface area contributed by atoms with Gasteiger partial charge < -0.3 is 5.73 Å². The molecule has 19 heavy (non-hydrogen) atoms. The molecule has 2 N–H and O–H groups in total. The number of nitrogens with zero attached hydrogens (tertiary/aromatic N) is 2. The van der Waals surface area contributed by atoms with Crippen LogP contribution in [0, 0.1) is 0 Å². The van der Waals surface area contributed by atoms with Crippen LogP contribution >= 0.6 is 23.2 Å². The van der Waals surface area contributed by atoms with Crippen molar-refractivity contribution in [3.05, 3.63) is 51.8 Å². The first-order valence-corrected chi connectivity index (χ1v) is 7.05. The molecule has 0 saturated carbocycles. The maximum atomic E-state index is 6.16. The lowest BCUT2D eigenvalue weighted by atomic mass is 10.1. The zero-order valence-electron chi connectivity index (χ0n) is 10.8. The quantitative estimate of drug-likeness (QED) is 0.918. The Morgan fingerprint density at radius 2 is 2.16 bits per heavy atom. The third kappa shape index (κ3) is 3.72. The van der Waals surface area contributed by atoms with Crippen LogP contribution < -0.4 is 5.73 Å². The zero-order chi connectivity index (χ0) is 13.8. The molecule has 1 atom stereocenters. The normalized spacial score (nSPS) is 12.6. The molecule has 0 spiro atoms. The summed E-state index contributed by atoms with van der Waals surface area (Å²) in [4.78, 5) is 0. The summed E-state index contributed by atoms with van der Waals surface area (Å²) in [5, 5.41) is 5.49. The summed E-state index contributed by atoms with van der Waals surface area (Å²) in [7, 11) is 0. The van der Waals surface area contributed by atoms with Crippen molar-refractivity contribution < 1.29 is 0 Å². The molecule has 1 aromatic heterocycles. The predicted molar refractivity (Wildman–Crippen MR) is 79.8 cm³/mol. The van der Waals surface area contributed by atoms with Gasteiger partial charge in [-0.25, -0.2) is 0 Å². The van der Waals surface area contributed by atoms with Gasteiger partial charge in [-0.3, -0.25) is 4.68 Å². The summed E-state index contributed by atoms with van der Waals surface area (Å²) in [6, 6.07) is 5.81. The van der Waals surface area contributed by atoms with Crippen LogP contribution in [0.15, 0.2) is 30.6 Å². The first-order valence-electron chi connectivity index (χ1n) is 6.30. The predicted octanol–water partition coefficient (Wildman–Crippen LogP) is 3.52. The van der Waals surface area contributed by atoms with E-state index in [1.54, 1.807) is 6.07 Å². The van der Waals surface area contributed by atoms with Crippen LogP contribution in [-0.2, 0) is 13.0 Å². The topological polar surface area (TPSA) is 43.8 Å². The van der Waals surface area contributed by atoms with Crippen LogP contribution in [0.4, 0.5) is 0 Å². The maximum Gasteiger partial charge on any atom is 0.0674 e. The van der Waals surface area contributed by atoms with E-state index < -0.39 is 0 Å². The monoisotopic (exact) mass is 297 g/mol. The van der Waals surface area contributed by atoms with Crippen LogP contribution in [0.5, 0.6) is 0 Å². The van der Waals surface area contributed by atoms with Crippen LogP contribution in [0.1, 0.15) is 24.5 Å². The molecule has 2 rings (SSSR count). The van der Waals surface area contributed by atoms with Crippen LogP contribution in [0.3, 0.4) is 0 Å². The Kier molecular flexibility index (Phi) is 4.86. The summed E-state index contributed by atoms with van der Waals surface area (Å²) >= 11 is 12.2. The van der Waals surface area contributed by atoms with Crippen LogP contribution in [0.2, 0.25) is 10.0 Å². The molecule has 1 aromatic carbocycles. The fourth-order valence-electron chi connectivity index (χ4n) is 1.89. The van der Waals surface area contributed by atoms with Gasteiger partial charge in [-0.1, -0.05) is 42.3 Å². The molecule has 0 radical (unpaired) electrons. The Bertz CT molecular complexity index is 551. The van der Waals surface area contributed by atoms with Gasteiger partial charge in [-0.05, 0) is 30.0 Å². The number of hydrogen-bond acceptors (Lipinski definition) is 2. The lowest BCUT2D eigenvalue weighted by molar-refractivity contribution is 0.644. The van der Waals surface area contributed by atoms with Gasteiger partial charge in [0.2, 0.25) is 0 Å². The number of benzene rings is 1. The van der Waals surface area contributed by atoms with E-state index in [1.165, 1.54) is 0 Å². The molecule has 3 nitrogen and oxygen atoms in total. The minimum Gasteiger partial charge on any atom is -0.327 e. The molecule has 5 heteroatoms. The molecule has 1 heterocycles. The molecule has 0 saturated heterocycles. The molecule has 0 amide bonds. The van der Waals surface area contributed by atoms with Gasteiger partial charge in [0.25, 0.3) is 0 Å². The molecular formula is C14H17Cl2N3. The fraction of sp³-hybridized carbons (Fsp3) is 0.357. The third-order valence-electron chi connectivity index (χ3n) is 3.07. The number of hydrogen-bond donors (Lipinski definition) is 1. The van der Waals surface area contributed by atoms with Crippen molar-refractivity contribution in [2.75, 3.05) is 0 Å². The van der Waals surface area contributed by atoms with E-state index in [0.29, 0.717) is 16.6 Å². The van der Waals surface area contributed by atoms with Crippen molar-refractivity contribution in [1.82, 2.24) is 9.78 Å². The van der Waals surface area contributed by atoms with E-state index in [4.69, 9.17) is 28.9 Å². The Hall–Kier alpha value is -1.03. The largest absolute Gasteiger partial charge is 0.327 e. The average molecular weight is 298 g/mol. The van der Waals surface area contributed by atoms with Crippen LogP contribution in [-0.4, -0.2) is 15.8 Å². The first kappa shape index (κ1) is 14.4. The number of nitrogens with two attached hydrogens (primary N) is 1. The van der Waals surface area contributed by atoms with Crippen molar-refractivity contribution >= 4 is 23.2 Å². The van der Waals surface area contributed by atoms with Gasteiger partial charge in [0, 0.05) is 12.2 Å². The van der Waals surface area contributed by atoms with Crippen molar-refractivity contribution in [1.29, 1.82) is 0 Å². The second-order valence-electron chi connectivity index (χ2n) is 4.63.